The summed E-state index contributed by atoms with van der Waals surface area (Å²) in [7, 11) is 6.36. The fraction of sp³-hybridized carbons (Fsp3) is 0.419. The van der Waals surface area contributed by atoms with Gasteiger partial charge in [-0.2, -0.15) is 0 Å². The van der Waals surface area contributed by atoms with Crippen molar-refractivity contribution < 1.29 is 19.1 Å². The molecule has 1 atom stereocenters. The third-order valence-electron chi connectivity index (χ3n) is 6.49. The number of carbonyl (C=O) groups excluding carboxylic acids is 3. The highest BCUT2D eigenvalue weighted by Gasteiger charge is 2.24. The molecule has 9 nitrogen and oxygen atoms in total. The molecule has 1 N–H and O–H groups in total. The van der Waals surface area contributed by atoms with Crippen molar-refractivity contribution in [3.05, 3.63) is 81.9 Å². The number of fused-ring (bicyclic) bond motifs is 1. The lowest BCUT2D eigenvalue weighted by molar-refractivity contribution is -0.127. The quantitative estimate of drug-likeness (QED) is 0.342. The summed E-state index contributed by atoms with van der Waals surface area (Å²) in [5.41, 5.74) is 3.27. The van der Waals surface area contributed by atoms with Crippen LogP contribution in [0.25, 0.3) is 10.9 Å². The van der Waals surface area contributed by atoms with Gasteiger partial charge < -0.3 is 24.1 Å². The van der Waals surface area contributed by atoms with Crippen molar-refractivity contribution in [3.63, 3.8) is 0 Å². The summed E-state index contributed by atoms with van der Waals surface area (Å²) in [6.45, 7) is 4.70. The highest BCUT2D eigenvalue weighted by atomic mass is 16.6. The fourth-order valence-electron chi connectivity index (χ4n) is 4.40. The number of pyridine rings is 1. The number of allylic oxidation sites excluding steroid dienone is 1. The number of Topliss-reactive ketones (excluding diaryl/α,β-unsaturated/α-hetero) is 1. The van der Waals surface area contributed by atoms with Gasteiger partial charge in [0, 0.05) is 57.6 Å². The Morgan fingerprint density at radius 2 is 1.75 bits per heavy atom. The van der Waals surface area contributed by atoms with Crippen LogP contribution in [0.1, 0.15) is 43.5 Å². The first-order valence-electron chi connectivity index (χ1n) is 13.5. The number of carbonyl (C=O) groups is 3. The monoisotopic (exact) mass is 548 g/mol. The molecular weight excluding hydrogens is 508 g/mol. The molecule has 0 unspecified atom stereocenters. The molecule has 9 heteroatoms. The number of nitrogens with one attached hydrogen (secondary N) is 1. The molecule has 0 fully saturated rings. The van der Waals surface area contributed by atoms with Crippen LogP contribution in [-0.2, 0) is 33.7 Å². The molecule has 0 radical (unpaired) electrons. The first-order chi connectivity index (χ1) is 19.0. The maximum atomic E-state index is 13.3. The van der Waals surface area contributed by atoms with Crippen molar-refractivity contribution >= 4 is 28.7 Å². The molecule has 0 saturated heterocycles. The van der Waals surface area contributed by atoms with E-state index in [0.29, 0.717) is 24.4 Å². The van der Waals surface area contributed by atoms with Gasteiger partial charge in [-0.15, -0.1) is 0 Å². The van der Waals surface area contributed by atoms with E-state index in [9.17, 15) is 19.2 Å². The number of hydrogen-bond acceptors (Lipinski definition) is 5. The van der Waals surface area contributed by atoms with E-state index in [0.717, 1.165) is 23.0 Å². The number of ether oxygens (including phenoxy) is 1. The molecule has 2 heterocycles. The second-order valence-electron chi connectivity index (χ2n) is 10.9. The summed E-state index contributed by atoms with van der Waals surface area (Å²) in [5.74, 6) is -0.0306. The van der Waals surface area contributed by atoms with Gasteiger partial charge in [0.05, 0.1) is 6.54 Å². The number of benzene rings is 1. The zero-order chi connectivity index (χ0) is 29.4. The van der Waals surface area contributed by atoms with E-state index in [1.165, 1.54) is 35.5 Å². The lowest BCUT2D eigenvalue weighted by Crippen LogP contribution is -2.35. The largest absolute Gasteiger partial charge is 0.438 e. The smallest absolute Gasteiger partial charge is 0.409 e. The molecule has 0 saturated carbocycles. The zero-order valence-electron chi connectivity index (χ0n) is 24.3. The van der Waals surface area contributed by atoms with Crippen LogP contribution in [-0.4, -0.2) is 71.4 Å². The molecule has 2 amide bonds. The third kappa shape index (κ3) is 8.18. The van der Waals surface area contributed by atoms with Crippen molar-refractivity contribution in [1.29, 1.82) is 0 Å². The van der Waals surface area contributed by atoms with Gasteiger partial charge in [-0.25, -0.2) is 4.79 Å². The van der Waals surface area contributed by atoms with Crippen molar-refractivity contribution in [2.75, 3.05) is 28.2 Å². The Morgan fingerprint density at radius 3 is 2.42 bits per heavy atom. The average molecular weight is 549 g/mol. The van der Waals surface area contributed by atoms with Gasteiger partial charge in [0.25, 0.3) is 5.56 Å². The van der Waals surface area contributed by atoms with Crippen molar-refractivity contribution in [3.8, 4) is 0 Å². The summed E-state index contributed by atoms with van der Waals surface area (Å²) in [4.78, 5) is 56.7. The molecule has 0 aliphatic rings. The Morgan fingerprint density at radius 1 is 1.02 bits per heavy atom. The van der Waals surface area contributed by atoms with Crippen LogP contribution < -0.4 is 5.56 Å². The Labute approximate surface area is 235 Å². The van der Waals surface area contributed by atoms with E-state index in [4.69, 9.17) is 4.74 Å². The van der Waals surface area contributed by atoms with Gasteiger partial charge in [0.2, 0.25) is 5.91 Å². The molecule has 0 aliphatic heterocycles. The number of nitrogens with zero attached hydrogens (tertiary/aromatic N) is 3. The van der Waals surface area contributed by atoms with E-state index in [1.807, 2.05) is 6.07 Å². The predicted octanol–water partition coefficient (Wildman–Crippen LogP) is 4.18. The van der Waals surface area contributed by atoms with Gasteiger partial charge in [-0.3, -0.25) is 14.4 Å². The molecule has 0 spiro atoms. The molecule has 0 bridgehead atoms. The lowest BCUT2D eigenvalue weighted by atomic mass is 10.0. The van der Waals surface area contributed by atoms with Gasteiger partial charge >= 0.3 is 6.09 Å². The summed E-state index contributed by atoms with van der Waals surface area (Å²) < 4.78 is 7.01. The second kappa shape index (κ2) is 13.8. The van der Waals surface area contributed by atoms with E-state index >= 15 is 0 Å². The van der Waals surface area contributed by atoms with E-state index in [2.05, 4.69) is 37.0 Å². The van der Waals surface area contributed by atoms with Crippen LogP contribution in [0.4, 0.5) is 4.79 Å². The summed E-state index contributed by atoms with van der Waals surface area (Å²) in [6, 6.07) is 11.6. The number of H-pyrrole nitrogens is 1. The van der Waals surface area contributed by atoms with Crippen molar-refractivity contribution in [1.82, 2.24) is 19.4 Å². The fourth-order valence-corrected chi connectivity index (χ4v) is 4.40. The maximum Gasteiger partial charge on any atom is 0.409 e. The molecule has 1 aromatic carbocycles. The van der Waals surface area contributed by atoms with Gasteiger partial charge in [-0.05, 0) is 54.3 Å². The molecule has 0 aliphatic carbocycles. The Kier molecular flexibility index (Phi) is 10.5. The Hall–Kier alpha value is -4.14. The SMILES string of the molecule is CC(C)Cc1cccc2cc(Cn3cccc(CC(=O)[C@H](CC/C=C/C(=O)N(C)C)OC(=O)N(C)C)c3=O)[nH]c12. The first-order valence-corrected chi connectivity index (χ1v) is 13.5. The number of likely N-dealkylation sites (N-methyl/N-ethyl adjacent to an activating group) is 1. The number of amides is 2. The third-order valence-corrected chi connectivity index (χ3v) is 6.49. The number of ketones is 1. The van der Waals surface area contributed by atoms with E-state index in [1.54, 1.807) is 43.1 Å². The van der Waals surface area contributed by atoms with Gasteiger partial charge in [0.1, 0.15) is 0 Å². The van der Waals surface area contributed by atoms with Crippen molar-refractivity contribution in [2.45, 2.75) is 52.2 Å². The first kappa shape index (κ1) is 30.4. The Bertz CT molecular complexity index is 1430. The molecule has 3 rings (SSSR count). The van der Waals surface area contributed by atoms with E-state index < -0.39 is 12.2 Å². The van der Waals surface area contributed by atoms with Crippen LogP contribution in [0, 0.1) is 5.92 Å². The normalized spacial score (nSPS) is 12.2. The number of aromatic nitrogens is 2. The molecule has 40 heavy (non-hydrogen) atoms. The molecular formula is C31H40N4O5. The molecule has 214 valence electrons. The molecule has 2 aromatic heterocycles. The van der Waals surface area contributed by atoms with Crippen LogP contribution in [0.3, 0.4) is 0 Å². The Balaban J connectivity index is 1.77. The minimum Gasteiger partial charge on any atom is -0.438 e. The summed E-state index contributed by atoms with van der Waals surface area (Å²) in [6.07, 6.45) is 4.41. The summed E-state index contributed by atoms with van der Waals surface area (Å²) >= 11 is 0. The van der Waals surface area contributed by atoms with Gasteiger partial charge in [0.15, 0.2) is 11.9 Å². The topological polar surface area (TPSA) is 105 Å². The van der Waals surface area contributed by atoms with Gasteiger partial charge in [-0.1, -0.05) is 44.2 Å². The lowest BCUT2D eigenvalue weighted by Gasteiger charge is -2.19. The van der Waals surface area contributed by atoms with Crippen LogP contribution in [0.2, 0.25) is 0 Å². The number of aromatic amines is 1. The van der Waals surface area contributed by atoms with E-state index in [-0.39, 0.29) is 30.1 Å². The maximum absolute atomic E-state index is 13.3. The summed E-state index contributed by atoms with van der Waals surface area (Å²) in [5, 5.41) is 1.10. The standard InChI is InChI=1S/C31H40N4O5/c1-21(2)17-22-11-9-12-23-18-25(32-29(22)23)20-35-16-10-13-24(30(35)38)19-26(36)27(40-31(39)34(5)6)14-7-8-15-28(37)33(3)4/h8-13,15-16,18,21,27,32H,7,14,17,19-20H2,1-6H3/b15-8+/t27-/m0/s1. The number of para-hydroxylation sites is 1. The van der Waals surface area contributed by atoms with Crippen LogP contribution in [0.5, 0.6) is 0 Å². The second-order valence-corrected chi connectivity index (χ2v) is 10.9. The number of rotatable bonds is 12. The minimum atomic E-state index is -1.05. The average Bonchev–Trinajstić information content (AvgIpc) is 3.31. The van der Waals surface area contributed by atoms with Crippen molar-refractivity contribution in [2.24, 2.45) is 5.92 Å². The highest BCUT2D eigenvalue weighted by molar-refractivity contribution is 5.88. The molecule has 3 aromatic rings. The zero-order valence-corrected chi connectivity index (χ0v) is 24.3. The van der Waals surface area contributed by atoms with Crippen LogP contribution in [0.15, 0.2) is 59.5 Å². The minimum absolute atomic E-state index is 0.170. The number of hydrogen-bond donors (Lipinski definition) is 1. The van der Waals surface area contributed by atoms with Crippen LogP contribution >= 0.6 is 0 Å². The predicted molar refractivity (Wildman–Crippen MR) is 156 cm³/mol. The highest BCUT2D eigenvalue weighted by Crippen LogP contribution is 2.22.